The molecule has 6 nitrogen and oxygen atoms in total. The van der Waals surface area contributed by atoms with Crippen LogP contribution in [-0.4, -0.2) is 47.9 Å². The molecule has 2 N–H and O–H groups in total. The lowest BCUT2D eigenvalue weighted by atomic mass is 10.1. The molecular formula is C15H22N4O2. The highest BCUT2D eigenvalue weighted by Crippen LogP contribution is 2.18. The molecule has 1 aliphatic heterocycles. The van der Waals surface area contributed by atoms with Crippen molar-refractivity contribution < 1.29 is 9.59 Å². The molecule has 2 heterocycles. The van der Waals surface area contributed by atoms with Crippen molar-refractivity contribution in [3.63, 3.8) is 0 Å². The fraction of sp³-hybridized carbons (Fsp3) is 0.533. The van der Waals surface area contributed by atoms with Gasteiger partial charge >= 0.3 is 0 Å². The van der Waals surface area contributed by atoms with Crippen molar-refractivity contribution >= 4 is 17.5 Å². The molecule has 2 amide bonds. The van der Waals surface area contributed by atoms with Crippen LogP contribution in [-0.2, 0) is 4.79 Å². The monoisotopic (exact) mass is 290 g/mol. The van der Waals surface area contributed by atoms with E-state index in [2.05, 4.69) is 22.5 Å². The number of aryl methyl sites for hydroxylation is 1. The number of carbonyl (C=O) groups excluding carboxylic acids is 2. The average Bonchev–Trinajstić information content (AvgIpc) is 2.69. The molecule has 1 aromatic heterocycles. The number of nitrogens with zero attached hydrogens (tertiary/aromatic N) is 2. The third-order valence-electron chi connectivity index (χ3n) is 3.39. The molecular weight excluding hydrogens is 268 g/mol. The molecule has 6 heteroatoms. The standard InChI is InChI=1S/C15H22N4O2/c1-3-5-16-13-8-11(2)18-9-12(13)15(21)19-7-4-6-17-14(20)10-19/h8-9H,3-7,10H2,1-2H3,(H,16,18)(H,17,20). The second-order valence-corrected chi connectivity index (χ2v) is 5.23. The molecule has 0 unspecified atom stereocenters. The zero-order valence-corrected chi connectivity index (χ0v) is 12.6. The maximum absolute atomic E-state index is 12.7. The van der Waals surface area contributed by atoms with Gasteiger partial charge in [-0.15, -0.1) is 0 Å². The van der Waals surface area contributed by atoms with Gasteiger partial charge in [0.05, 0.1) is 17.8 Å². The first kappa shape index (κ1) is 15.3. The van der Waals surface area contributed by atoms with Gasteiger partial charge in [-0.2, -0.15) is 0 Å². The van der Waals surface area contributed by atoms with Gasteiger partial charge in [-0.05, 0) is 25.8 Å². The number of pyridine rings is 1. The van der Waals surface area contributed by atoms with Crippen LogP contribution in [0.5, 0.6) is 0 Å². The highest BCUT2D eigenvalue weighted by Gasteiger charge is 2.23. The van der Waals surface area contributed by atoms with E-state index in [4.69, 9.17) is 0 Å². The predicted octanol–water partition coefficient (Wildman–Crippen LogP) is 1.17. The summed E-state index contributed by atoms with van der Waals surface area (Å²) >= 11 is 0. The summed E-state index contributed by atoms with van der Waals surface area (Å²) in [6, 6.07) is 1.88. The number of amides is 2. The van der Waals surface area contributed by atoms with Gasteiger partial charge < -0.3 is 15.5 Å². The number of aromatic nitrogens is 1. The predicted molar refractivity (Wildman–Crippen MR) is 81.3 cm³/mol. The molecule has 114 valence electrons. The van der Waals surface area contributed by atoms with E-state index in [9.17, 15) is 9.59 Å². The summed E-state index contributed by atoms with van der Waals surface area (Å²) in [6.45, 7) is 6.07. The van der Waals surface area contributed by atoms with Crippen LogP contribution in [0.25, 0.3) is 0 Å². The summed E-state index contributed by atoms with van der Waals surface area (Å²) in [6.07, 6.45) is 3.34. The van der Waals surface area contributed by atoms with Crippen molar-refractivity contribution in [2.24, 2.45) is 0 Å². The molecule has 0 saturated carbocycles. The van der Waals surface area contributed by atoms with Gasteiger partial charge in [0.25, 0.3) is 5.91 Å². The van der Waals surface area contributed by atoms with Crippen molar-refractivity contribution in [3.8, 4) is 0 Å². The minimum absolute atomic E-state index is 0.107. The van der Waals surface area contributed by atoms with Crippen molar-refractivity contribution in [2.45, 2.75) is 26.7 Å². The molecule has 1 aliphatic rings. The molecule has 0 spiro atoms. The molecule has 1 aromatic rings. The molecule has 1 fully saturated rings. The third kappa shape index (κ3) is 3.93. The first-order valence-electron chi connectivity index (χ1n) is 7.38. The van der Waals surface area contributed by atoms with E-state index in [1.165, 1.54) is 0 Å². The maximum atomic E-state index is 12.7. The Hall–Kier alpha value is -2.11. The molecule has 2 rings (SSSR count). The van der Waals surface area contributed by atoms with Crippen LogP contribution in [0.3, 0.4) is 0 Å². The average molecular weight is 290 g/mol. The Morgan fingerprint density at radius 3 is 3.10 bits per heavy atom. The van der Waals surface area contributed by atoms with Crippen LogP contribution < -0.4 is 10.6 Å². The molecule has 0 bridgehead atoms. The van der Waals surface area contributed by atoms with Crippen molar-refractivity contribution in [2.75, 3.05) is 31.5 Å². The van der Waals surface area contributed by atoms with Gasteiger partial charge in [0, 0.05) is 31.5 Å². The van der Waals surface area contributed by atoms with Gasteiger partial charge in [-0.1, -0.05) is 6.92 Å². The first-order valence-corrected chi connectivity index (χ1v) is 7.38. The smallest absolute Gasteiger partial charge is 0.257 e. The van der Waals surface area contributed by atoms with Crippen LogP contribution >= 0.6 is 0 Å². The topological polar surface area (TPSA) is 74.3 Å². The van der Waals surface area contributed by atoms with Crippen LogP contribution in [0, 0.1) is 6.92 Å². The Kier molecular flexibility index (Phi) is 5.14. The highest BCUT2D eigenvalue weighted by atomic mass is 16.2. The number of carbonyl (C=O) groups is 2. The number of nitrogens with one attached hydrogen (secondary N) is 2. The maximum Gasteiger partial charge on any atom is 0.257 e. The summed E-state index contributed by atoms with van der Waals surface area (Å²) in [7, 11) is 0. The Morgan fingerprint density at radius 1 is 1.52 bits per heavy atom. The zero-order chi connectivity index (χ0) is 15.2. The van der Waals surface area contributed by atoms with Crippen LogP contribution in [0.15, 0.2) is 12.3 Å². The summed E-state index contributed by atoms with van der Waals surface area (Å²) < 4.78 is 0. The van der Waals surface area contributed by atoms with E-state index >= 15 is 0 Å². The summed E-state index contributed by atoms with van der Waals surface area (Å²) in [5.41, 5.74) is 2.18. The van der Waals surface area contributed by atoms with E-state index in [-0.39, 0.29) is 18.4 Å². The lowest BCUT2D eigenvalue weighted by Gasteiger charge is -2.21. The van der Waals surface area contributed by atoms with Crippen LogP contribution in [0.4, 0.5) is 5.69 Å². The van der Waals surface area contributed by atoms with E-state index in [0.717, 1.165) is 30.8 Å². The van der Waals surface area contributed by atoms with Crippen LogP contribution in [0.2, 0.25) is 0 Å². The van der Waals surface area contributed by atoms with Gasteiger partial charge in [0.1, 0.15) is 0 Å². The van der Waals surface area contributed by atoms with Crippen molar-refractivity contribution in [1.29, 1.82) is 0 Å². The first-order chi connectivity index (χ1) is 10.1. The lowest BCUT2D eigenvalue weighted by molar-refractivity contribution is -0.121. The molecule has 0 aliphatic carbocycles. The number of hydrogen-bond donors (Lipinski definition) is 2. The zero-order valence-electron chi connectivity index (χ0n) is 12.6. The molecule has 0 aromatic carbocycles. The fourth-order valence-electron chi connectivity index (χ4n) is 2.29. The molecule has 1 saturated heterocycles. The van der Waals surface area contributed by atoms with E-state index < -0.39 is 0 Å². The SMILES string of the molecule is CCCNc1cc(C)ncc1C(=O)N1CCCNC(=O)C1. The summed E-state index contributed by atoms with van der Waals surface area (Å²) in [5.74, 6) is -0.248. The largest absolute Gasteiger partial charge is 0.384 e. The number of hydrogen-bond acceptors (Lipinski definition) is 4. The Morgan fingerprint density at radius 2 is 2.33 bits per heavy atom. The highest BCUT2D eigenvalue weighted by molar-refractivity contribution is 6.01. The Balaban J connectivity index is 2.22. The van der Waals surface area contributed by atoms with Gasteiger partial charge in [0.15, 0.2) is 0 Å². The summed E-state index contributed by atoms with van der Waals surface area (Å²) in [4.78, 5) is 30.1. The normalized spacial score (nSPS) is 15.3. The van der Waals surface area contributed by atoms with E-state index in [1.54, 1.807) is 11.1 Å². The minimum atomic E-state index is -0.141. The number of anilines is 1. The molecule has 21 heavy (non-hydrogen) atoms. The van der Waals surface area contributed by atoms with Crippen molar-refractivity contribution in [3.05, 3.63) is 23.5 Å². The second-order valence-electron chi connectivity index (χ2n) is 5.23. The second kappa shape index (κ2) is 7.06. The molecule has 0 atom stereocenters. The van der Waals surface area contributed by atoms with Gasteiger partial charge in [-0.3, -0.25) is 14.6 Å². The quantitative estimate of drug-likeness (QED) is 0.873. The van der Waals surface area contributed by atoms with Crippen molar-refractivity contribution in [1.82, 2.24) is 15.2 Å². The number of rotatable bonds is 4. The van der Waals surface area contributed by atoms with E-state index in [0.29, 0.717) is 18.7 Å². The van der Waals surface area contributed by atoms with E-state index in [1.807, 2.05) is 13.0 Å². The Labute approximate surface area is 124 Å². The van der Waals surface area contributed by atoms with Crippen LogP contribution in [0.1, 0.15) is 35.8 Å². The van der Waals surface area contributed by atoms with Gasteiger partial charge in [0.2, 0.25) is 5.91 Å². The molecule has 0 radical (unpaired) electrons. The van der Waals surface area contributed by atoms with Gasteiger partial charge in [-0.25, -0.2) is 0 Å². The fourth-order valence-corrected chi connectivity index (χ4v) is 2.29. The summed E-state index contributed by atoms with van der Waals surface area (Å²) in [5, 5.41) is 6.04. The lowest BCUT2D eigenvalue weighted by Crippen LogP contribution is -2.37. The third-order valence-corrected chi connectivity index (χ3v) is 3.39. The minimum Gasteiger partial charge on any atom is -0.384 e. The Bertz CT molecular complexity index is 530.